The number of nitrogens with two attached hydrogens (primary N) is 1. The number of nitrogen functional groups attached to an aromatic ring is 1. The highest BCUT2D eigenvalue weighted by atomic mass is 35.5. The lowest BCUT2D eigenvalue weighted by Crippen LogP contribution is -2.17. The number of fused-ring (bicyclic) bond motifs is 1. The van der Waals surface area contributed by atoms with Gasteiger partial charge in [-0.15, -0.1) is 0 Å². The van der Waals surface area contributed by atoms with Gasteiger partial charge in [-0.2, -0.15) is 9.97 Å². The Morgan fingerprint density at radius 3 is 3.06 bits per heavy atom. The van der Waals surface area contributed by atoms with Crippen LogP contribution in [-0.2, 0) is 4.74 Å². The van der Waals surface area contributed by atoms with Crippen LogP contribution in [0.1, 0.15) is 25.5 Å². The third-order valence-electron chi connectivity index (χ3n) is 2.86. The van der Waals surface area contributed by atoms with Gasteiger partial charge in [0.05, 0.1) is 6.33 Å². The zero-order chi connectivity index (χ0) is 11.8. The highest BCUT2D eigenvalue weighted by Crippen LogP contribution is 2.27. The maximum absolute atomic E-state index is 5.97. The molecule has 0 bridgehead atoms. The first kappa shape index (κ1) is 10.7. The minimum atomic E-state index is -0.0286. The van der Waals surface area contributed by atoms with E-state index in [1.165, 1.54) is 0 Å². The summed E-state index contributed by atoms with van der Waals surface area (Å²) in [6.45, 7) is 0.763. The maximum atomic E-state index is 5.97. The predicted molar refractivity (Wildman–Crippen MR) is 63.6 cm³/mol. The summed E-state index contributed by atoms with van der Waals surface area (Å²) in [5.41, 5.74) is 6.79. The molecule has 0 amide bonds. The van der Waals surface area contributed by atoms with E-state index in [0.717, 1.165) is 25.9 Å². The van der Waals surface area contributed by atoms with Gasteiger partial charge in [0, 0.05) is 6.61 Å². The summed E-state index contributed by atoms with van der Waals surface area (Å²) >= 11 is 5.97. The largest absolute Gasteiger partial charge is 0.368 e. The molecule has 90 valence electrons. The van der Waals surface area contributed by atoms with Crippen LogP contribution >= 0.6 is 11.6 Å². The summed E-state index contributed by atoms with van der Waals surface area (Å²) in [5, 5.41) is 0.280. The number of hydrogen-bond donors (Lipinski definition) is 1. The Morgan fingerprint density at radius 1 is 1.41 bits per heavy atom. The van der Waals surface area contributed by atoms with Crippen molar-refractivity contribution in [2.45, 2.75) is 25.5 Å². The number of aromatic nitrogens is 4. The topological polar surface area (TPSA) is 78.8 Å². The van der Waals surface area contributed by atoms with Gasteiger partial charge in [-0.25, -0.2) is 4.98 Å². The molecule has 6 nitrogen and oxygen atoms in total. The van der Waals surface area contributed by atoms with E-state index >= 15 is 0 Å². The van der Waals surface area contributed by atoms with Crippen LogP contribution in [0.3, 0.4) is 0 Å². The van der Waals surface area contributed by atoms with Gasteiger partial charge in [-0.3, -0.25) is 4.57 Å². The second-order valence-corrected chi connectivity index (χ2v) is 4.38. The first-order valence-electron chi connectivity index (χ1n) is 5.53. The van der Waals surface area contributed by atoms with Crippen molar-refractivity contribution >= 4 is 28.7 Å². The average Bonchev–Trinajstić information content (AvgIpc) is 2.74. The van der Waals surface area contributed by atoms with E-state index in [2.05, 4.69) is 15.0 Å². The van der Waals surface area contributed by atoms with Crippen molar-refractivity contribution < 1.29 is 4.74 Å². The second-order valence-electron chi connectivity index (χ2n) is 4.02. The molecule has 1 atom stereocenters. The van der Waals surface area contributed by atoms with Crippen LogP contribution in [0.2, 0.25) is 5.15 Å². The van der Waals surface area contributed by atoms with E-state index in [9.17, 15) is 0 Å². The zero-order valence-electron chi connectivity index (χ0n) is 9.14. The minimum Gasteiger partial charge on any atom is -0.368 e. The number of halogens is 1. The molecule has 1 aliphatic heterocycles. The smallest absolute Gasteiger partial charge is 0.223 e. The Morgan fingerprint density at radius 2 is 2.29 bits per heavy atom. The first-order valence-corrected chi connectivity index (χ1v) is 5.90. The van der Waals surface area contributed by atoms with Crippen LogP contribution in [0, 0.1) is 0 Å². The average molecular weight is 254 g/mol. The second kappa shape index (κ2) is 4.12. The van der Waals surface area contributed by atoms with Crippen molar-refractivity contribution in [3.05, 3.63) is 11.5 Å². The molecule has 2 N–H and O–H groups in total. The maximum Gasteiger partial charge on any atom is 0.223 e. The Balaban J connectivity index is 2.10. The molecule has 0 spiro atoms. The summed E-state index contributed by atoms with van der Waals surface area (Å²) in [6, 6.07) is 0. The summed E-state index contributed by atoms with van der Waals surface area (Å²) < 4.78 is 7.56. The third-order valence-corrected chi connectivity index (χ3v) is 3.13. The standard InChI is InChI=1S/C10H12ClN5O/c11-8-7-9(15-10(12)14-8)16(5-13-7)6-3-1-2-4-17-6/h5-6H,1-4H2,(H2,12,14,15)/t6-/m0/s1. The zero-order valence-corrected chi connectivity index (χ0v) is 9.89. The summed E-state index contributed by atoms with van der Waals surface area (Å²) in [5.74, 6) is 0.153. The lowest BCUT2D eigenvalue weighted by Gasteiger charge is -2.23. The predicted octanol–water partition coefficient (Wildman–Crippen LogP) is 1.76. The molecule has 3 rings (SSSR count). The molecule has 7 heteroatoms. The Hall–Kier alpha value is -1.40. The van der Waals surface area contributed by atoms with E-state index < -0.39 is 0 Å². The molecule has 0 aliphatic carbocycles. The number of ether oxygens (including phenoxy) is 1. The third kappa shape index (κ3) is 1.83. The van der Waals surface area contributed by atoms with E-state index in [-0.39, 0.29) is 17.3 Å². The molecule has 1 aliphatic rings. The van der Waals surface area contributed by atoms with E-state index in [1.54, 1.807) is 6.33 Å². The first-order chi connectivity index (χ1) is 8.25. The molecule has 1 fully saturated rings. The SMILES string of the molecule is Nc1nc(Cl)c2ncn([C@@H]3CCCCO3)c2n1. The van der Waals surface area contributed by atoms with Crippen LogP contribution in [0.15, 0.2) is 6.33 Å². The fourth-order valence-electron chi connectivity index (χ4n) is 2.05. The van der Waals surface area contributed by atoms with Crippen molar-refractivity contribution in [1.82, 2.24) is 19.5 Å². The molecule has 2 aromatic heterocycles. The highest BCUT2D eigenvalue weighted by Gasteiger charge is 2.20. The van der Waals surface area contributed by atoms with Crippen LogP contribution in [0.25, 0.3) is 11.2 Å². The number of anilines is 1. The summed E-state index contributed by atoms with van der Waals surface area (Å²) in [4.78, 5) is 12.3. The quantitative estimate of drug-likeness (QED) is 0.784. The molecular formula is C10H12ClN5O. The molecule has 2 aromatic rings. The van der Waals surface area contributed by atoms with Gasteiger partial charge < -0.3 is 10.5 Å². The van der Waals surface area contributed by atoms with Crippen molar-refractivity contribution in [3.8, 4) is 0 Å². The molecule has 3 heterocycles. The minimum absolute atomic E-state index is 0.0286. The molecule has 0 unspecified atom stereocenters. The van der Waals surface area contributed by atoms with Gasteiger partial charge >= 0.3 is 0 Å². The van der Waals surface area contributed by atoms with Gasteiger partial charge in [0.15, 0.2) is 10.8 Å². The van der Waals surface area contributed by atoms with Crippen LogP contribution in [-0.4, -0.2) is 26.1 Å². The molecule has 17 heavy (non-hydrogen) atoms. The van der Waals surface area contributed by atoms with Crippen molar-refractivity contribution in [1.29, 1.82) is 0 Å². The van der Waals surface area contributed by atoms with Crippen LogP contribution in [0.5, 0.6) is 0 Å². The van der Waals surface area contributed by atoms with Crippen molar-refractivity contribution in [2.24, 2.45) is 0 Å². The Labute approximate surface area is 103 Å². The van der Waals surface area contributed by atoms with Crippen molar-refractivity contribution in [3.63, 3.8) is 0 Å². The van der Waals surface area contributed by atoms with Gasteiger partial charge in [0.25, 0.3) is 0 Å². The highest BCUT2D eigenvalue weighted by molar-refractivity contribution is 6.33. The molecule has 1 saturated heterocycles. The van der Waals surface area contributed by atoms with Gasteiger partial charge in [-0.1, -0.05) is 11.6 Å². The Kier molecular flexibility index (Phi) is 2.60. The number of imidazole rings is 1. The molecule has 0 saturated carbocycles. The number of hydrogen-bond acceptors (Lipinski definition) is 5. The number of nitrogens with zero attached hydrogens (tertiary/aromatic N) is 4. The molecule has 0 radical (unpaired) electrons. The fraction of sp³-hybridized carbons (Fsp3) is 0.500. The van der Waals surface area contributed by atoms with Gasteiger partial charge in [-0.05, 0) is 19.3 Å². The van der Waals surface area contributed by atoms with Gasteiger partial charge in [0.2, 0.25) is 5.95 Å². The molecular weight excluding hydrogens is 242 g/mol. The normalized spacial score (nSPS) is 20.9. The molecule has 0 aromatic carbocycles. The lowest BCUT2D eigenvalue weighted by molar-refractivity contribution is -0.0298. The van der Waals surface area contributed by atoms with E-state index in [4.69, 9.17) is 22.1 Å². The fourth-order valence-corrected chi connectivity index (χ4v) is 2.27. The van der Waals surface area contributed by atoms with Crippen molar-refractivity contribution in [2.75, 3.05) is 12.3 Å². The van der Waals surface area contributed by atoms with E-state index in [1.807, 2.05) is 4.57 Å². The Bertz CT molecular complexity index is 549. The number of rotatable bonds is 1. The van der Waals surface area contributed by atoms with Crippen LogP contribution in [0.4, 0.5) is 5.95 Å². The summed E-state index contributed by atoms with van der Waals surface area (Å²) in [6.07, 6.45) is 4.84. The van der Waals surface area contributed by atoms with Crippen LogP contribution < -0.4 is 5.73 Å². The van der Waals surface area contributed by atoms with E-state index in [0.29, 0.717) is 11.2 Å². The monoisotopic (exact) mass is 253 g/mol. The summed E-state index contributed by atoms with van der Waals surface area (Å²) in [7, 11) is 0. The van der Waals surface area contributed by atoms with Gasteiger partial charge in [0.1, 0.15) is 11.7 Å². The lowest BCUT2D eigenvalue weighted by atomic mass is 10.2.